The van der Waals surface area contributed by atoms with Crippen LogP contribution >= 0.6 is 0 Å². The zero-order valence-electron chi connectivity index (χ0n) is 9.87. The summed E-state index contributed by atoms with van der Waals surface area (Å²) in [5, 5.41) is 19.9. The minimum absolute atomic E-state index is 0.0159. The largest absolute Gasteiger partial charge is 0.484 e. The van der Waals surface area contributed by atoms with E-state index >= 15 is 0 Å². The van der Waals surface area contributed by atoms with Crippen LogP contribution in [0.5, 0.6) is 5.75 Å². The van der Waals surface area contributed by atoms with Gasteiger partial charge in [-0.1, -0.05) is 6.07 Å². The first-order chi connectivity index (χ1) is 8.70. The lowest BCUT2D eigenvalue weighted by atomic mass is 10.2. The second kappa shape index (κ2) is 5.79. The van der Waals surface area contributed by atoms with Crippen LogP contribution in [0.1, 0.15) is 18.4 Å². The van der Waals surface area contributed by atoms with E-state index in [1.54, 1.807) is 6.07 Å². The molecule has 1 aromatic rings. The fraction of sp³-hybridized carbons (Fsp3) is 0.500. The minimum Gasteiger partial charge on any atom is -0.484 e. The van der Waals surface area contributed by atoms with Crippen LogP contribution in [-0.4, -0.2) is 29.3 Å². The molecule has 0 aromatic heterocycles. The topological polar surface area (TPSA) is 81.8 Å². The van der Waals surface area contributed by atoms with Gasteiger partial charge in [0.15, 0.2) is 5.75 Å². The molecular weight excluding hydrogens is 238 g/mol. The highest BCUT2D eigenvalue weighted by molar-refractivity contribution is 5.48. The third-order valence-electron chi connectivity index (χ3n) is 2.85. The number of aliphatic hydroxyl groups is 1. The number of benzene rings is 1. The van der Waals surface area contributed by atoms with Crippen LogP contribution in [0.25, 0.3) is 0 Å². The van der Waals surface area contributed by atoms with Crippen molar-refractivity contribution in [3.8, 4) is 5.75 Å². The van der Waals surface area contributed by atoms with Crippen LogP contribution < -0.4 is 4.74 Å². The summed E-state index contributed by atoms with van der Waals surface area (Å²) in [5.74, 6) is 0.215. The molecule has 0 saturated carbocycles. The summed E-state index contributed by atoms with van der Waals surface area (Å²) in [6.45, 7) is 0.811. The number of nitro benzene ring substituents is 1. The fourth-order valence-electron chi connectivity index (χ4n) is 1.88. The molecule has 1 saturated heterocycles. The molecule has 1 aliphatic rings. The SMILES string of the molecule is O=[N+]([O-])c1cc(CO)ccc1OCC1CCCO1. The van der Waals surface area contributed by atoms with Crippen LogP contribution in [0.3, 0.4) is 0 Å². The summed E-state index contributed by atoms with van der Waals surface area (Å²) >= 11 is 0. The lowest BCUT2D eigenvalue weighted by molar-refractivity contribution is -0.386. The predicted molar refractivity (Wildman–Crippen MR) is 63.5 cm³/mol. The van der Waals surface area contributed by atoms with Crippen molar-refractivity contribution in [3.05, 3.63) is 33.9 Å². The average Bonchev–Trinajstić information content (AvgIpc) is 2.89. The van der Waals surface area contributed by atoms with Gasteiger partial charge < -0.3 is 14.6 Å². The third-order valence-corrected chi connectivity index (χ3v) is 2.85. The summed E-state index contributed by atoms with van der Waals surface area (Å²) in [4.78, 5) is 10.4. The molecule has 0 bridgehead atoms. The van der Waals surface area contributed by atoms with Crippen molar-refractivity contribution in [1.82, 2.24) is 0 Å². The molecule has 6 heteroatoms. The van der Waals surface area contributed by atoms with Crippen molar-refractivity contribution >= 4 is 5.69 Å². The van der Waals surface area contributed by atoms with Crippen molar-refractivity contribution in [2.24, 2.45) is 0 Å². The van der Waals surface area contributed by atoms with Crippen LogP contribution in [0.15, 0.2) is 18.2 Å². The van der Waals surface area contributed by atoms with E-state index in [1.807, 2.05) is 0 Å². The molecule has 6 nitrogen and oxygen atoms in total. The Hall–Kier alpha value is -1.66. The Morgan fingerprint density at radius 1 is 1.56 bits per heavy atom. The average molecular weight is 253 g/mol. The maximum absolute atomic E-state index is 10.9. The van der Waals surface area contributed by atoms with Crippen LogP contribution in [0.4, 0.5) is 5.69 Å². The van der Waals surface area contributed by atoms with Crippen LogP contribution in [-0.2, 0) is 11.3 Å². The second-order valence-corrected chi connectivity index (χ2v) is 4.16. The number of hydrogen-bond donors (Lipinski definition) is 1. The number of nitro groups is 1. The van der Waals surface area contributed by atoms with Gasteiger partial charge in [0.2, 0.25) is 0 Å². The van der Waals surface area contributed by atoms with E-state index < -0.39 is 4.92 Å². The molecule has 1 unspecified atom stereocenters. The van der Waals surface area contributed by atoms with Crippen molar-refractivity contribution in [3.63, 3.8) is 0 Å². The van der Waals surface area contributed by atoms with E-state index in [4.69, 9.17) is 14.6 Å². The third kappa shape index (κ3) is 2.96. The van der Waals surface area contributed by atoms with E-state index in [0.717, 1.165) is 19.4 Å². The molecule has 0 radical (unpaired) electrons. The monoisotopic (exact) mass is 253 g/mol. The summed E-state index contributed by atoms with van der Waals surface area (Å²) < 4.78 is 10.8. The van der Waals surface area contributed by atoms with Gasteiger partial charge in [0.25, 0.3) is 0 Å². The molecular formula is C12H15NO5. The van der Waals surface area contributed by atoms with Gasteiger partial charge in [-0.05, 0) is 24.5 Å². The lowest BCUT2D eigenvalue weighted by Gasteiger charge is -2.11. The number of nitrogens with zero attached hydrogens (tertiary/aromatic N) is 1. The summed E-state index contributed by atoms with van der Waals surface area (Å²) in [7, 11) is 0. The molecule has 98 valence electrons. The maximum Gasteiger partial charge on any atom is 0.311 e. The molecule has 0 spiro atoms. The fourth-order valence-corrected chi connectivity index (χ4v) is 1.88. The Kier molecular flexibility index (Phi) is 4.11. The Morgan fingerprint density at radius 3 is 3.00 bits per heavy atom. The Balaban J connectivity index is 2.08. The molecule has 1 aliphatic heterocycles. The zero-order valence-corrected chi connectivity index (χ0v) is 9.87. The minimum atomic E-state index is -0.510. The molecule has 1 aromatic carbocycles. The Morgan fingerprint density at radius 2 is 2.39 bits per heavy atom. The van der Waals surface area contributed by atoms with Gasteiger partial charge in [-0.3, -0.25) is 10.1 Å². The quantitative estimate of drug-likeness (QED) is 0.637. The highest BCUT2D eigenvalue weighted by Crippen LogP contribution is 2.28. The number of rotatable bonds is 5. The van der Waals surface area contributed by atoms with Crippen molar-refractivity contribution in [2.75, 3.05) is 13.2 Å². The molecule has 0 aliphatic carbocycles. The van der Waals surface area contributed by atoms with E-state index in [1.165, 1.54) is 12.1 Å². The van der Waals surface area contributed by atoms with E-state index in [0.29, 0.717) is 12.2 Å². The van der Waals surface area contributed by atoms with Crippen molar-refractivity contribution in [1.29, 1.82) is 0 Å². The first-order valence-electron chi connectivity index (χ1n) is 5.83. The van der Waals surface area contributed by atoms with Gasteiger partial charge in [0.05, 0.1) is 17.6 Å². The number of aliphatic hydroxyl groups excluding tert-OH is 1. The molecule has 2 rings (SSSR count). The molecule has 1 N–H and O–H groups in total. The molecule has 1 heterocycles. The Bertz CT molecular complexity index is 428. The normalized spacial score (nSPS) is 18.8. The molecule has 18 heavy (non-hydrogen) atoms. The second-order valence-electron chi connectivity index (χ2n) is 4.16. The summed E-state index contributed by atoms with van der Waals surface area (Å²) in [5.41, 5.74) is 0.366. The lowest BCUT2D eigenvalue weighted by Crippen LogP contribution is -2.16. The summed E-state index contributed by atoms with van der Waals surface area (Å²) in [6.07, 6.45) is 1.93. The zero-order chi connectivity index (χ0) is 13.0. The van der Waals surface area contributed by atoms with Crippen LogP contribution in [0.2, 0.25) is 0 Å². The van der Waals surface area contributed by atoms with Gasteiger partial charge in [-0.15, -0.1) is 0 Å². The first-order valence-corrected chi connectivity index (χ1v) is 5.83. The number of ether oxygens (including phenoxy) is 2. The first kappa shape index (κ1) is 12.8. The van der Waals surface area contributed by atoms with Gasteiger partial charge in [0, 0.05) is 12.7 Å². The van der Waals surface area contributed by atoms with E-state index in [-0.39, 0.29) is 24.1 Å². The molecule has 0 amide bonds. The molecule has 1 atom stereocenters. The van der Waals surface area contributed by atoms with Crippen molar-refractivity contribution < 1.29 is 19.5 Å². The standard InChI is InChI=1S/C12H15NO5/c14-7-9-3-4-12(11(6-9)13(15)16)18-8-10-2-1-5-17-10/h3-4,6,10,14H,1-2,5,7-8H2. The smallest absolute Gasteiger partial charge is 0.311 e. The van der Waals surface area contributed by atoms with Gasteiger partial charge in [0.1, 0.15) is 6.61 Å². The number of hydrogen-bond acceptors (Lipinski definition) is 5. The van der Waals surface area contributed by atoms with Crippen LogP contribution in [0, 0.1) is 10.1 Å². The maximum atomic E-state index is 10.9. The van der Waals surface area contributed by atoms with E-state index in [9.17, 15) is 10.1 Å². The summed E-state index contributed by atoms with van der Waals surface area (Å²) in [6, 6.07) is 4.45. The highest BCUT2D eigenvalue weighted by atomic mass is 16.6. The molecule has 1 fully saturated rings. The Labute approximate surface area is 104 Å². The highest BCUT2D eigenvalue weighted by Gasteiger charge is 2.20. The van der Waals surface area contributed by atoms with Gasteiger partial charge in [-0.25, -0.2) is 0 Å². The van der Waals surface area contributed by atoms with Gasteiger partial charge in [-0.2, -0.15) is 0 Å². The van der Waals surface area contributed by atoms with Gasteiger partial charge >= 0.3 is 5.69 Å². The van der Waals surface area contributed by atoms with Crippen molar-refractivity contribution in [2.45, 2.75) is 25.6 Å². The predicted octanol–water partition coefficient (Wildman–Crippen LogP) is 1.64. The van der Waals surface area contributed by atoms with E-state index in [2.05, 4.69) is 0 Å².